The third-order valence-electron chi connectivity index (χ3n) is 4.19. The summed E-state index contributed by atoms with van der Waals surface area (Å²) in [5.74, 6) is 1.43. The fourth-order valence-electron chi connectivity index (χ4n) is 2.97. The van der Waals surface area contributed by atoms with E-state index in [0.29, 0.717) is 5.75 Å². The zero-order valence-electron chi connectivity index (χ0n) is 11.9. The van der Waals surface area contributed by atoms with Crippen LogP contribution < -0.4 is 15.2 Å². The fourth-order valence-corrected chi connectivity index (χ4v) is 2.97. The van der Waals surface area contributed by atoms with Gasteiger partial charge in [-0.1, -0.05) is 18.9 Å². The van der Waals surface area contributed by atoms with Gasteiger partial charge in [-0.15, -0.1) is 0 Å². The van der Waals surface area contributed by atoms with E-state index in [1.807, 2.05) is 18.2 Å². The second-order valence-electron chi connectivity index (χ2n) is 5.07. The Hall–Kier alpha value is -1.26. The van der Waals surface area contributed by atoms with Gasteiger partial charge in [0.2, 0.25) is 0 Å². The molecular weight excluding hydrogens is 242 g/mol. The first kappa shape index (κ1) is 14.2. The average Bonchev–Trinajstić information content (AvgIpc) is 2.95. The van der Waals surface area contributed by atoms with Crippen molar-refractivity contribution in [2.75, 3.05) is 21.3 Å². The van der Waals surface area contributed by atoms with Gasteiger partial charge in [-0.2, -0.15) is 0 Å². The van der Waals surface area contributed by atoms with Gasteiger partial charge >= 0.3 is 0 Å². The van der Waals surface area contributed by atoms with E-state index in [4.69, 9.17) is 19.9 Å². The fraction of sp³-hybridized carbons (Fsp3) is 0.600. The third-order valence-corrected chi connectivity index (χ3v) is 4.19. The molecule has 0 saturated heterocycles. The number of hydrogen-bond acceptors (Lipinski definition) is 4. The molecule has 0 aromatic heterocycles. The lowest BCUT2D eigenvalue weighted by Gasteiger charge is -2.34. The maximum atomic E-state index is 6.44. The van der Waals surface area contributed by atoms with E-state index in [1.54, 1.807) is 21.3 Å². The molecule has 1 atom stereocenters. The highest BCUT2D eigenvalue weighted by Crippen LogP contribution is 2.42. The highest BCUT2D eigenvalue weighted by atomic mass is 16.5. The molecule has 1 saturated carbocycles. The van der Waals surface area contributed by atoms with Crippen LogP contribution in [0.4, 0.5) is 0 Å². The highest BCUT2D eigenvalue weighted by molar-refractivity contribution is 5.44. The van der Waals surface area contributed by atoms with Crippen LogP contribution in [-0.4, -0.2) is 26.9 Å². The molecule has 1 aliphatic rings. The number of nitrogens with two attached hydrogens (primary N) is 1. The Kier molecular flexibility index (Phi) is 4.32. The highest BCUT2D eigenvalue weighted by Gasteiger charge is 2.40. The van der Waals surface area contributed by atoms with Crippen LogP contribution in [0.5, 0.6) is 11.5 Å². The number of rotatable bonds is 5. The molecule has 106 valence electrons. The molecule has 1 aromatic carbocycles. The number of hydrogen-bond donors (Lipinski definition) is 1. The van der Waals surface area contributed by atoms with E-state index in [-0.39, 0.29) is 11.6 Å². The van der Waals surface area contributed by atoms with Crippen LogP contribution in [0.25, 0.3) is 0 Å². The standard InChI is InChI=1S/C15H23NO3/c1-17-12-7-6-11(10-13(12)18-2)14(16)15(19-3)8-4-5-9-15/h6-7,10,14H,4-5,8-9,16H2,1-3H3. The minimum Gasteiger partial charge on any atom is -0.493 e. The van der Waals surface area contributed by atoms with Crippen molar-refractivity contribution in [2.45, 2.75) is 37.3 Å². The predicted octanol–water partition coefficient (Wildman–Crippen LogP) is 2.66. The van der Waals surface area contributed by atoms with E-state index >= 15 is 0 Å². The number of benzene rings is 1. The lowest BCUT2D eigenvalue weighted by molar-refractivity contribution is -0.0264. The van der Waals surface area contributed by atoms with Crippen LogP contribution in [0.15, 0.2) is 18.2 Å². The molecular formula is C15H23NO3. The summed E-state index contributed by atoms with van der Waals surface area (Å²) >= 11 is 0. The van der Waals surface area contributed by atoms with Gasteiger partial charge in [0.25, 0.3) is 0 Å². The van der Waals surface area contributed by atoms with Crippen molar-refractivity contribution in [2.24, 2.45) is 5.73 Å². The summed E-state index contributed by atoms with van der Waals surface area (Å²) in [6.07, 6.45) is 4.38. The Balaban J connectivity index is 2.30. The molecule has 2 rings (SSSR count). The van der Waals surface area contributed by atoms with E-state index in [9.17, 15) is 0 Å². The SMILES string of the molecule is COc1ccc(C(N)C2(OC)CCCC2)cc1OC. The van der Waals surface area contributed by atoms with Crippen LogP contribution >= 0.6 is 0 Å². The van der Waals surface area contributed by atoms with Crippen LogP contribution in [0.1, 0.15) is 37.3 Å². The lowest BCUT2D eigenvalue weighted by atomic mass is 9.87. The summed E-state index contributed by atoms with van der Waals surface area (Å²) < 4.78 is 16.3. The van der Waals surface area contributed by atoms with Gasteiger partial charge in [-0.25, -0.2) is 0 Å². The maximum absolute atomic E-state index is 6.44. The summed E-state index contributed by atoms with van der Waals surface area (Å²) in [5.41, 5.74) is 7.23. The van der Waals surface area contributed by atoms with Crippen molar-refractivity contribution in [3.63, 3.8) is 0 Å². The minimum absolute atomic E-state index is 0.139. The molecule has 0 aliphatic heterocycles. The summed E-state index contributed by atoms with van der Waals surface area (Å²) in [7, 11) is 5.02. The van der Waals surface area contributed by atoms with Crippen molar-refractivity contribution < 1.29 is 14.2 Å². The van der Waals surface area contributed by atoms with Crippen molar-refractivity contribution in [3.8, 4) is 11.5 Å². The second kappa shape index (κ2) is 5.80. The van der Waals surface area contributed by atoms with Crippen molar-refractivity contribution in [3.05, 3.63) is 23.8 Å². The molecule has 4 heteroatoms. The Morgan fingerprint density at radius 1 is 1.05 bits per heavy atom. The molecule has 1 aliphatic carbocycles. The molecule has 4 nitrogen and oxygen atoms in total. The summed E-state index contributed by atoms with van der Waals surface area (Å²) in [6.45, 7) is 0. The molecule has 0 radical (unpaired) electrons. The molecule has 2 N–H and O–H groups in total. The van der Waals surface area contributed by atoms with E-state index in [2.05, 4.69) is 0 Å². The summed E-state index contributed by atoms with van der Waals surface area (Å²) in [6, 6.07) is 5.69. The van der Waals surface area contributed by atoms with Crippen LogP contribution in [0.3, 0.4) is 0 Å². The van der Waals surface area contributed by atoms with Crippen LogP contribution in [0.2, 0.25) is 0 Å². The molecule has 0 bridgehead atoms. The lowest BCUT2D eigenvalue weighted by Crippen LogP contribution is -2.40. The molecule has 1 aromatic rings. The molecule has 0 spiro atoms. The number of methoxy groups -OCH3 is 3. The van der Waals surface area contributed by atoms with Gasteiger partial charge in [0, 0.05) is 7.11 Å². The van der Waals surface area contributed by atoms with E-state index < -0.39 is 0 Å². The first-order chi connectivity index (χ1) is 9.16. The second-order valence-corrected chi connectivity index (χ2v) is 5.07. The third kappa shape index (κ3) is 2.55. The van der Waals surface area contributed by atoms with Crippen molar-refractivity contribution in [1.29, 1.82) is 0 Å². The average molecular weight is 265 g/mol. The summed E-state index contributed by atoms with van der Waals surface area (Å²) in [5, 5.41) is 0. The van der Waals surface area contributed by atoms with Crippen LogP contribution in [-0.2, 0) is 4.74 Å². The van der Waals surface area contributed by atoms with Gasteiger partial charge in [-0.05, 0) is 30.5 Å². The van der Waals surface area contributed by atoms with E-state index in [1.165, 1.54) is 12.8 Å². The van der Waals surface area contributed by atoms with Crippen molar-refractivity contribution in [1.82, 2.24) is 0 Å². The van der Waals surface area contributed by atoms with Gasteiger partial charge in [0.05, 0.1) is 25.9 Å². The monoisotopic (exact) mass is 265 g/mol. The molecule has 1 unspecified atom stereocenters. The first-order valence-corrected chi connectivity index (χ1v) is 6.69. The zero-order valence-corrected chi connectivity index (χ0v) is 11.9. The quantitative estimate of drug-likeness (QED) is 0.889. The zero-order chi connectivity index (χ0) is 13.9. The predicted molar refractivity (Wildman–Crippen MR) is 74.7 cm³/mol. The Morgan fingerprint density at radius 2 is 1.68 bits per heavy atom. The van der Waals surface area contributed by atoms with Crippen molar-refractivity contribution >= 4 is 0 Å². The minimum atomic E-state index is -0.237. The van der Waals surface area contributed by atoms with Gasteiger partial charge in [-0.3, -0.25) is 0 Å². The Morgan fingerprint density at radius 3 is 2.21 bits per heavy atom. The number of ether oxygens (including phenoxy) is 3. The topological polar surface area (TPSA) is 53.7 Å². The largest absolute Gasteiger partial charge is 0.493 e. The molecule has 1 fully saturated rings. The summed E-state index contributed by atoms with van der Waals surface area (Å²) in [4.78, 5) is 0. The Bertz CT molecular complexity index is 427. The van der Waals surface area contributed by atoms with E-state index in [0.717, 1.165) is 24.2 Å². The molecule has 0 amide bonds. The van der Waals surface area contributed by atoms with Gasteiger partial charge in [0.1, 0.15) is 0 Å². The first-order valence-electron chi connectivity index (χ1n) is 6.69. The molecule has 19 heavy (non-hydrogen) atoms. The smallest absolute Gasteiger partial charge is 0.161 e. The van der Waals surface area contributed by atoms with Crippen LogP contribution in [0, 0.1) is 0 Å². The van der Waals surface area contributed by atoms with Gasteiger partial charge in [0.15, 0.2) is 11.5 Å². The Labute approximate surface area is 114 Å². The normalized spacial score (nSPS) is 19.2. The molecule has 0 heterocycles. The van der Waals surface area contributed by atoms with Gasteiger partial charge < -0.3 is 19.9 Å². The maximum Gasteiger partial charge on any atom is 0.161 e.